The first kappa shape index (κ1) is 49.2. The molecule has 4 heteroatoms. The van der Waals surface area contributed by atoms with Crippen LogP contribution in [-0.4, -0.2) is 0 Å². The lowest BCUT2D eigenvalue weighted by Gasteiger charge is -2.32. The largest absolute Gasteiger partial charge is 0.310 e. The predicted molar refractivity (Wildman–Crippen MR) is 344 cm³/mol. The van der Waals surface area contributed by atoms with Crippen molar-refractivity contribution >= 4 is 108 Å². The van der Waals surface area contributed by atoms with Gasteiger partial charge in [0.1, 0.15) is 0 Å². The number of benzene rings is 12. The monoisotopic (exact) mass is 1040 g/mol. The summed E-state index contributed by atoms with van der Waals surface area (Å²) >= 11 is 0. The minimum absolute atomic E-state index is 0.628. The second-order valence-electron chi connectivity index (χ2n) is 21.1. The molecule has 0 fully saturated rings. The van der Waals surface area contributed by atoms with E-state index in [-0.39, 0.29) is 0 Å². The van der Waals surface area contributed by atoms with Crippen LogP contribution in [0.4, 0.5) is 68.2 Å². The van der Waals surface area contributed by atoms with E-state index in [1.165, 1.54) is 54.2 Å². The van der Waals surface area contributed by atoms with Gasteiger partial charge in [0.05, 0.1) is 22.7 Å². The van der Waals surface area contributed by atoms with Crippen LogP contribution in [0.2, 0.25) is 0 Å². The fraction of sp³-hybridized carbons (Fsp3) is 0.0649. The zero-order valence-corrected chi connectivity index (χ0v) is 45.2. The Hall–Kier alpha value is -10.2. The molecule has 12 aromatic carbocycles. The van der Waals surface area contributed by atoms with E-state index in [9.17, 15) is 0 Å². The molecule has 0 radical (unpaired) electrons. The molecule has 81 heavy (non-hydrogen) atoms. The molecule has 4 nitrogen and oxygen atoms in total. The van der Waals surface area contributed by atoms with Crippen molar-refractivity contribution in [3.63, 3.8) is 0 Å². The van der Waals surface area contributed by atoms with Crippen molar-refractivity contribution in [2.24, 2.45) is 0 Å². The Kier molecular flexibility index (Phi) is 13.3. The van der Waals surface area contributed by atoms with Gasteiger partial charge in [-0.05, 0) is 174 Å². The van der Waals surface area contributed by atoms with Gasteiger partial charge in [0.15, 0.2) is 0 Å². The summed E-state index contributed by atoms with van der Waals surface area (Å²) in [5.41, 5.74) is 18.2. The molecular formula is C77H60N4. The molecule has 2 aliphatic carbocycles. The van der Waals surface area contributed by atoms with Crippen LogP contribution in [0, 0.1) is 0 Å². The number of aryl methyl sites for hydroxylation is 1. The molecule has 0 unspecified atom stereocenters. The van der Waals surface area contributed by atoms with Crippen LogP contribution in [0.3, 0.4) is 0 Å². The molecule has 14 rings (SSSR count). The minimum atomic E-state index is 0.628. The highest BCUT2D eigenvalue weighted by Crippen LogP contribution is 2.47. The maximum absolute atomic E-state index is 2.48. The first-order valence-electron chi connectivity index (χ1n) is 28.4. The Balaban J connectivity index is 1.04. The zero-order valence-electron chi connectivity index (χ0n) is 45.2. The lowest BCUT2D eigenvalue weighted by Crippen LogP contribution is -2.32. The van der Waals surface area contributed by atoms with Gasteiger partial charge in [-0.2, -0.15) is 0 Å². The van der Waals surface area contributed by atoms with E-state index in [4.69, 9.17) is 0 Å². The van der Waals surface area contributed by atoms with Crippen molar-refractivity contribution in [2.75, 3.05) is 19.6 Å². The van der Waals surface area contributed by atoms with Gasteiger partial charge >= 0.3 is 0 Å². The number of fused-ring (bicyclic) bond motifs is 4. The standard InChI is InChI=1S/C77H60N4/c1-5-33-62(34-6-1)78(74-45-21-29-58-25-13-17-41-70(58)74)66-50-56(51-67(54-66)79(63-35-7-2-8-36-63)75-46-22-30-59-26-14-18-42-71(59)75)49-57-52-68(80(64-37-9-3-10-38-64)76-47-23-31-60-27-15-19-43-72(60)76)55-69(53-57)81(65-39-11-4-12-40-65)77-48-24-32-61-28-16-20-44-73(61)77/h1-13,15,17-19,21-25,27-48,50-55H,14,16,20,26,49H2. The highest BCUT2D eigenvalue weighted by atomic mass is 15.2. The zero-order chi connectivity index (χ0) is 53.9. The Morgan fingerprint density at radius 1 is 0.296 bits per heavy atom. The van der Waals surface area contributed by atoms with Gasteiger partial charge in [0.25, 0.3) is 0 Å². The Morgan fingerprint density at radius 3 is 1.21 bits per heavy atom. The average Bonchev–Trinajstić information content (AvgIpc) is 3.62. The van der Waals surface area contributed by atoms with Crippen LogP contribution in [0.5, 0.6) is 0 Å². The summed E-state index contributed by atoms with van der Waals surface area (Å²) in [6.45, 7) is 0. The van der Waals surface area contributed by atoms with Crippen LogP contribution >= 0.6 is 0 Å². The van der Waals surface area contributed by atoms with Crippen molar-refractivity contribution in [2.45, 2.75) is 32.1 Å². The second kappa shape index (κ2) is 21.9. The van der Waals surface area contributed by atoms with Gasteiger partial charge in [-0.25, -0.2) is 0 Å². The van der Waals surface area contributed by atoms with Crippen molar-refractivity contribution in [1.82, 2.24) is 0 Å². The van der Waals surface area contributed by atoms with Crippen LogP contribution in [-0.2, 0) is 12.8 Å². The maximum atomic E-state index is 2.48. The molecule has 2 aliphatic rings. The molecule has 0 amide bonds. The average molecular weight is 1040 g/mol. The van der Waals surface area contributed by atoms with Gasteiger partial charge in [-0.15, -0.1) is 0 Å². The Morgan fingerprint density at radius 2 is 0.691 bits per heavy atom. The third-order valence-corrected chi connectivity index (χ3v) is 16.0. The molecule has 0 saturated carbocycles. The third kappa shape index (κ3) is 9.72. The summed E-state index contributed by atoms with van der Waals surface area (Å²) < 4.78 is 0. The summed E-state index contributed by atoms with van der Waals surface area (Å²) in [6.07, 6.45) is 14.2. The second-order valence-corrected chi connectivity index (χ2v) is 21.1. The molecule has 0 saturated heterocycles. The minimum Gasteiger partial charge on any atom is -0.310 e. The van der Waals surface area contributed by atoms with Crippen LogP contribution in [0.15, 0.2) is 285 Å². The summed E-state index contributed by atoms with van der Waals surface area (Å²) in [5, 5.41) is 7.29. The van der Waals surface area contributed by atoms with Gasteiger partial charge in [0, 0.05) is 67.1 Å². The van der Waals surface area contributed by atoms with E-state index in [2.05, 4.69) is 323 Å². The highest BCUT2D eigenvalue weighted by molar-refractivity contribution is 6.01. The third-order valence-electron chi connectivity index (χ3n) is 16.0. The fourth-order valence-electron chi connectivity index (χ4n) is 12.4. The Labute approximate surface area is 475 Å². The Bertz CT molecular complexity index is 4390. The normalized spacial score (nSPS) is 12.4. The SMILES string of the molecule is C1=Cc2c(cccc2N(c2ccccc2)c2cc(Cc3cc(N(c4ccccc4)c4cccc5c4=CCCC=5)cc(N(c4ccccc4)c4cccc5ccccc45)c3)cc(N(c3ccccc3)c3cccc4ccccc34)c2)CC1. The van der Waals surface area contributed by atoms with Crippen LogP contribution in [0.1, 0.15) is 41.5 Å². The summed E-state index contributed by atoms with van der Waals surface area (Å²) in [4.78, 5) is 9.89. The quantitative estimate of drug-likeness (QED) is 0.108. The molecule has 0 atom stereocenters. The first-order chi connectivity index (χ1) is 40.2. The van der Waals surface area contributed by atoms with E-state index >= 15 is 0 Å². The number of anilines is 12. The lowest BCUT2D eigenvalue weighted by molar-refractivity contribution is 0.983. The number of hydrogen-bond acceptors (Lipinski definition) is 4. The van der Waals surface area contributed by atoms with E-state index in [0.29, 0.717) is 6.42 Å². The van der Waals surface area contributed by atoms with E-state index in [1.54, 1.807) is 0 Å². The molecule has 388 valence electrons. The molecule has 0 aromatic heterocycles. The molecule has 0 N–H and O–H groups in total. The maximum Gasteiger partial charge on any atom is 0.0540 e. The summed E-state index contributed by atoms with van der Waals surface area (Å²) in [6, 6.07) is 103. The number of nitrogens with zero attached hydrogens (tertiary/aromatic N) is 4. The van der Waals surface area contributed by atoms with Gasteiger partial charge in [0.2, 0.25) is 0 Å². The van der Waals surface area contributed by atoms with Gasteiger partial charge in [-0.3, -0.25) is 0 Å². The molecule has 12 aromatic rings. The predicted octanol–water partition coefficient (Wildman–Crippen LogP) is 19.8. The van der Waals surface area contributed by atoms with E-state index in [0.717, 1.165) is 93.9 Å². The molecule has 0 spiro atoms. The molecule has 0 aliphatic heterocycles. The number of allylic oxidation sites excluding steroid dienone is 1. The summed E-state index contributed by atoms with van der Waals surface area (Å²) in [7, 11) is 0. The van der Waals surface area contributed by atoms with Crippen molar-refractivity contribution in [3.05, 3.63) is 318 Å². The molecule has 0 heterocycles. The number of rotatable bonds is 14. The summed E-state index contributed by atoms with van der Waals surface area (Å²) in [5.74, 6) is 0. The van der Waals surface area contributed by atoms with Gasteiger partial charge < -0.3 is 19.6 Å². The smallest absolute Gasteiger partial charge is 0.0540 e. The highest BCUT2D eigenvalue weighted by Gasteiger charge is 2.25. The molecule has 0 bridgehead atoms. The van der Waals surface area contributed by atoms with Gasteiger partial charge in [-0.1, -0.05) is 194 Å². The number of hydrogen-bond donors (Lipinski definition) is 0. The van der Waals surface area contributed by atoms with Crippen LogP contribution < -0.4 is 30.0 Å². The van der Waals surface area contributed by atoms with E-state index < -0.39 is 0 Å². The fourth-order valence-corrected chi connectivity index (χ4v) is 12.4. The van der Waals surface area contributed by atoms with Crippen molar-refractivity contribution < 1.29 is 0 Å². The first-order valence-corrected chi connectivity index (χ1v) is 28.4. The number of para-hydroxylation sites is 4. The molecular weight excluding hydrogens is 981 g/mol. The van der Waals surface area contributed by atoms with Crippen LogP contribution in [0.25, 0.3) is 39.8 Å². The van der Waals surface area contributed by atoms with Crippen molar-refractivity contribution in [1.29, 1.82) is 0 Å². The van der Waals surface area contributed by atoms with E-state index in [1.807, 2.05) is 0 Å². The van der Waals surface area contributed by atoms with Crippen molar-refractivity contribution in [3.8, 4) is 0 Å². The lowest BCUT2D eigenvalue weighted by atomic mass is 9.94. The topological polar surface area (TPSA) is 13.0 Å².